The van der Waals surface area contributed by atoms with E-state index >= 15 is 0 Å². The number of rotatable bonds is 5. The number of pyridine rings is 1. The third-order valence-corrected chi connectivity index (χ3v) is 4.74. The highest BCUT2D eigenvalue weighted by Gasteiger charge is 2.14. The molecule has 0 atom stereocenters. The van der Waals surface area contributed by atoms with Gasteiger partial charge in [0.25, 0.3) is 5.91 Å². The lowest BCUT2D eigenvalue weighted by molar-refractivity contribution is 0.102. The van der Waals surface area contributed by atoms with Gasteiger partial charge in [-0.15, -0.1) is 0 Å². The maximum atomic E-state index is 12.6. The molecule has 1 amide bonds. The Kier molecular flexibility index (Phi) is 5.50. The number of carbonyl (C=O) groups is 1. The standard InChI is InChI=1S/C23H20N4O2/c24-12-16-3-1-4-17(9-16)15-29-21-6-2-5-20(11-21)27-23(28)19-10-18-7-8-25-14-22(18)26-13-19/h1-6,9-11,13,25H,7-8,14-15H2,(H,27,28). The Labute approximate surface area is 169 Å². The van der Waals surface area contributed by atoms with Crippen LogP contribution in [0.2, 0.25) is 0 Å². The highest BCUT2D eigenvalue weighted by molar-refractivity contribution is 6.04. The van der Waals surface area contributed by atoms with E-state index in [0.717, 1.165) is 36.3 Å². The number of anilines is 1. The van der Waals surface area contributed by atoms with E-state index in [-0.39, 0.29) is 5.91 Å². The van der Waals surface area contributed by atoms with Gasteiger partial charge in [-0.1, -0.05) is 18.2 Å². The number of hydrogen-bond acceptors (Lipinski definition) is 5. The number of aromatic nitrogens is 1. The van der Waals surface area contributed by atoms with E-state index < -0.39 is 0 Å². The zero-order valence-electron chi connectivity index (χ0n) is 15.8. The molecule has 0 radical (unpaired) electrons. The second-order valence-corrected chi connectivity index (χ2v) is 6.84. The molecule has 6 heteroatoms. The van der Waals surface area contributed by atoms with Crippen molar-refractivity contribution >= 4 is 11.6 Å². The molecule has 2 heterocycles. The summed E-state index contributed by atoms with van der Waals surface area (Å²) in [5.41, 5.74) is 4.83. The van der Waals surface area contributed by atoms with Crippen molar-refractivity contribution in [1.29, 1.82) is 5.26 Å². The van der Waals surface area contributed by atoms with Crippen molar-refractivity contribution in [2.75, 3.05) is 11.9 Å². The van der Waals surface area contributed by atoms with Crippen LogP contribution in [0.4, 0.5) is 5.69 Å². The number of carbonyl (C=O) groups excluding carboxylic acids is 1. The summed E-state index contributed by atoms with van der Waals surface area (Å²) in [7, 11) is 0. The molecule has 6 nitrogen and oxygen atoms in total. The highest BCUT2D eigenvalue weighted by Crippen LogP contribution is 2.20. The molecular formula is C23H20N4O2. The van der Waals surface area contributed by atoms with E-state index in [1.54, 1.807) is 24.4 Å². The molecule has 3 aromatic rings. The fourth-order valence-electron chi connectivity index (χ4n) is 3.23. The Morgan fingerprint density at radius 1 is 1.21 bits per heavy atom. The Morgan fingerprint density at radius 2 is 2.10 bits per heavy atom. The second kappa shape index (κ2) is 8.55. The smallest absolute Gasteiger partial charge is 0.257 e. The van der Waals surface area contributed by atoms with Gasteiger partial charge in [0, 0.05) is 24.5 Å². The molecule has 0 aliphatic carbocycles. The van der Waals surface area contributed by atoms with Gasteiger partial charge in [-0.3, -0.25) is 9.78 Å². The first-order chi connectivity index (χ1) is 14.2. The Bertz CT molecular complexity index is 1090. The molecule has 2 aromatic carbocycles. The van der Waals surface area contributed by atoms with Crippen LogP contribution in [0.3, 0.4) is 0 Å². The molecule has 0 saturated carbocycles. The summed E-state index contributed by atoms with van der Waals surface area (Å²) in [5.74, 6) is 0.442. The maximum absolute atomic E-state index is 12.6. The lowest BCUT2D eigenvalue weighted by atomic mass is 10.0. The zero-order valence-corrected chi connectivity index (χ0v) is 15.8. The van der Waals surface area contributed by atoms with Crippen LogP contribution in [0.1, 0.15) is 32.7 Å². The third-order valence-electron chi connectivity index (χ3n) is 4.74. The highest BCUT2D eigenvalue weighted by atomic mass is 16.5. The topological polar surface area (TPSA) is 87.0 Å². The first kappa shape index (κ1) is 18.7. The summed E-state index contributed by atoms with van der Waals surface area (Å²) in [6, 6.07) is 18.6. The lowest BCUT2D eigenvalue weighted by Gasteiger charge is -2.16. The van der Waals surface area contributed by atoms with Crippen molar-refractivity contribution in [3.8, 4) is 11.8 Å². The van der Waals surface area contributed by atoms with Gasteiger partial charge in [0.1, 0.15) is 12.4 Å². The predicted octanol–water partition coefficient (Wildman–Crippen LogP) is 3.43. The molecule has 1 aromatic heterocycles. The van der Waals surface area contributed by atoms with Crippen LogP contribution in [0.15, 0.2) is 60.8 Å². The number of nitrogens with zero attached hydrogens (tertiary/aromatic N) is 2. The van der Waals surface area contributed by atoms with Crippen LogP contribution in [-0.2, 0) is 19.6 Å². The number of hydrogen-bond donors (Lipinski definition) is 2. The SMILES string of the molecule is N#Cc1cccc(COc2cccc(NC(=O)c3cnc4c(c3)CCNC4)c2)c1. The number of amides is 1. The molecular weight excluding hydrogens is 364 g/mol. The largest absolute Gasteiger partial charge is 0.489 e. The molecule has 1 aliphatic rings. The molecule has 0 fully saturated rings. The quantitative estimate of drug-likeness (QED) is 0.704. The Balaban J connectivity index is 1.42. The molecule has 29 heavy (non-hydrogen) atoms. The van der Waals surface area contributed by atoms with Crippen LogP contribution in [0.25, 0.3) is 0 Å². The number of benzene rings is 2. The van der Waals surface area contributed by atoms with Gasteiger partial charge in [-0.05, 0) is 54.4 Å². The average molecular weight is 384 g/mol. The fraction of sp³-hybridized carbons (Fsp3) is 0.174. The molecule has 2 N–H and O–H groups in total. The van der Waals surface area contributed by atoms with Crippen molar-refractivity contribution in [2.24, 2.45) is 0 Å². The summed E-state index contributed by atoms with van der Waals surface area (Å²) in [4.78, 5) is 17.0. The van der Waals surface area contributed by atoms with E-state index in [0.29, 0.717) is 29.2 Å². The molecule has 144 valence electrons. The first-order valence-electron chi connectivity index (χ1n) is 9.43. The van der Waals surface area contributed by atoms with Crippen LogP contribution in [0, 0.1) is 11.3 Å². The van der Waals surface area contributed by atoms with Crippen molar-refractivity contribution in [3.05, 3.63) is 88.7 Å². The van der Waals surface area contributed by atoms with Gasteiger partial charge in [0.15, 0.2) is 0 Å². The van der Waals surface area contributed by atoms with Crippen molar-refractivity contribution < 1.29 is 9.53 Å². The fourth-order valence-corrected chi connectivity index (χ4v) is 3.23. The Hall–Kier alpha value is -3.69. The third kappa shape index (κ3) is 4.60. The van der Waals surface area contributed by atoms with Gasteiger partial charge in [-0.25, -0.2) is 0 Å². The van der Waals surface area contributed by atoms with E-state index in [9.17, 15) is 4.79 Å². The molecule has 0 bridgehead atoms. The van der Waals surface area contributed by atoms with E-state index in [1.165, 1.54) is 0 Å². The average Bonchev–Trinajstić information content (AvgIpc) is 2.77. The van der Waals surface area contributed by atoms with E-state index in [4.69, 9.17) is 10.00 Å². The van der Waals surface area contributed by atoms with Crippen LogP contribution < -0.4 is 15.4 Å². The van der Waals surface area contributed by atoms with Gasteiger partial charge < -0.3 is 15.4 Å². The summed E-state index contributed by atoms with van der Waals surface area (Å²) in [6.07, 6.45) is 2.49. The summed E-state index contributed by atoms with van der Waals surface area (Å²) < 4.78 is 5.81. The number of fused-ring (bicyclic) bond motifs is 1. The summed E-state index contributed by atoms with van der Waals surface area (Å²) >= 11 is 0. The predicted molar refractivity (Wildman–Crippen MR) is 110 cm³/mol. The maximum Gasteiger partial charge on any atom is 0.257 e. The van der Waals surface area contributed by atoms with Crippen molar-refractivity contribution in [1.82, 2.24) is 10.3 Å². The molecule has 0 unspecified atom stereocenters. The minimum absolute atomic E-state index is 0.197. The lowest BCUT2D eigenvalue weighted by Crippen LogP contribution is -2.25. The number of nitriles is 1. The van der Waals surface area contributed by atoms with Gasteiger partial charge in [0.2, 0.25) is 0 Å². The summed E-state index contributed by atoms with van der Waals surface area (Å²) in [6.45, 7) is 1.99. The van der Waals surface area contributed by atoms with Crippen LogP contribution in [-0.4, -0.2) is 17.4 Å². The van der Waals surface area contributed by atoms with Crippen molar-refractivity contribution in [3.63, 3.8) is 0 Å². The van der Waals surface area contributed by atoms with Gasteiger partial charge in [-0.2, -0.15) is 5.26 Å². The minimum Gasteiger partial charge on any atom is -0.489 e. The first-order valence-corrected chi connectivity index (χ1v) is 9.43. The van der Waals surface area contributed by atoms with E-state index in [2.05, 4.69) is 21.7 Å². The number of ether oxygens (including phenoxy) is 1. The minimum atomic E-state index is -0.197. The molecule has 0 spiro atoms. The van der Waals surface area contributed by atoms with Crippen LogP contribution >= 0.6 is 0 Å². The van der Waals surface area contributed by atoms with Crippen molar-refractivity contribution in [2.45, 2.75) is 19.6 Å². The van der Waals surface area contributed by atoms with Crippen LogP contribution in [0.5, 0.6) is 5.75 Å². The van der Waals surface area contributed by atoms with Gasteiger partial charge >= 0.3 is 0 Å². The molecule has 0 saturated heterocycles. The zero-order chi connectivity index (χ0) is 20.1. The summed E-state index contributed by atoms with van der Waals surface area (Å²) in [5, 5.41) is 15.2. The Morgan fingerprint density at radius 3 is 3.00 bits per heavy atom. The van der Waals surface area contributed by atoms with E-state index in [1.807, 2.05) is 36.4 Å². The monoisotopic (exact) mass is 384 g/mol. The normalized spacial score (nSPS) is 12.5. The number of nitrogens with one attached hydrogen (secondary N) is 2. The van der Waals surface area contributed by atoms with Gasteiger partial charge in [0.05, 0.1) is 22.9 Å². The molecule has 1 aliphatic heterocycles. The second-order valence-electron chi connectivity index (χ2n) is 6.84. The molecule has 4 rings (SSSR count).